The van der Waals surface area contributed by atoms with E-state index in [0.29, 0.717) is 6.61 Å². The molecule has 0 atom stereocenters. The first-order valence-electron chi connectivity index (χ1n) is 6.07. The summed E-state index contributed by atoms with van der Waals surface area (Å²) in [5.41, 5.74) is 0. The smallest absolute Gasteiger partial charge is 0.115 e. The molecule has 2 rings (SSSR count). The molecule has 2 aromatic rings. The minimum Gasteiger partial charge on any atom is -0.508 e. The van der Waals surface area contributed by atoms with Crippen LogP contribution in [0.15, 0.2) is 58.3 Å². The third-order valence-electron chi connectivity index (χ3n) is 2.51. The molecule has 3 nitrogen and oxygen atoms in total. The number of thioether (sulfide) groups is 2. The van der Waals surface area contributed by atoms with Crippen molar-refractivity contribution in [1.29, 1.82) is 0 Å². The predicted molar refractivity (Wildman–Crippen MR) is 83.6 cm³/mol. The first-order chi connectivity index (χ1) is 9.67. The van der Waals surface area contributed by atoms with Gasteiger partial charge in [-0.15, -0.1) is 23.5 Å². The Kier molecular flexibility index (Phi) is 5.64. The summed E-state index contributed by atoms with van der Waals surface area (Å²) in [6.07, 6.45) is 0. The Morgan fingerprint density at radius 3 is 1.60 bits per heavy atom. The highest BCUT2D eigenvalue weighted by molar-refractivity contribution is 8.17. The van der Waals surface area contributed by atoms with Crippen LogP contribution < -0.4 is 0 Å². The van der Waals surface area contributed by atoms with Gasteiger partial charge in [0.25, 0.3) is 0 Å². The molecule has 20 heavy (non-hydrogen) atoms. The van der Waals surface area contributed by atoms with E-state index in [1.54, 1.807) is 54.9 Å². The van der Waals surface area contributed by atoms with E-state index in [1.807, 2.05) is 24.3 Å². The van der Waals surface area contributed by atoms with E-state index in [4.69, 9.17) is 4.74 Å². The van der Waals surface area contributed by atoms with Gasteiger partial charge in [0.05, 0.1) is 11.2 Å². The van der Waals surface area contributed by atoms with Crippen LogP contribution in [0.1, 0.15) is 0 Å². The van der Waals surface area contributed by atoms with Crippen molar-refractivity contribution in [3.8, 4) is 11.5 Å². The van der Waals surface area contributed by atoms with Crippen LogP contribution in [0.4, 0.5) is 0 Å². The summed E-state index contributed by atoms with van der Waals surface area (Å²) in [5, 5.41) is 18.6. The lowest BCUT2D eigenvalue weighted by molar-refractivity contribution is 0.213. The van der Waals surface area contributed by atoms with Crippen LogP contribution >= 0.6 is 23.5 Å². The molecule has 2 aromatic carbocycles. The van der Waals surface area contributed by atoms with Gasteiger partial charge in [-0.05, 0) is 48.5 Å². The van der Waals surface area contributed by atoms with Crippen LogP contribution in [0.5, 0.6) is 11.5 Å². The van der Waals surface area contributed by atoms with Gasteiger partial charge in [0.2, 0.25) is 0 Å². The Morgan fingerprint density at radius 1 is 0.850 bits per heavy atom. The highest BCUT2D eigenvalue weighted by atomic mass is 32.2. The van der Waals surface area contributed by atoms with E-state index in [0.717, 1.165) is 9.79 Å². The lowest BCUT2D eigenvalue weighted by Gasteiger charge is -2.15. The summed E-state index contributed by atoms with van der Waals surface area (Å²) in [6.45, 7) is 0.608. The molecule has 0 amide bonds. The first kappa shape index (κ1) is 15.1. The summed E-state index contributed by atoms with van der Waals surface area (Å²) in [5.74, 6) is 0.535. The minimum atomic E-state index is 0.203. The molecule has 0 aliphatic heterocycles. The quantitative estimate of drug-likeness (QED) is 0.625. The van der Waals surface area contributed by atoms with Gasteiger partial charge in [0, 0.05) is 16.9 Å². The lowest BCUT2D eigenvalue weighted by Crippen LogP contribution is -2.05. The average molecular weight is 308 g/mol. The summed E-state index contributed by atoms with van der Waals surface area (Å²) in [6, 6.07) is 14.3. The second-order valence-electron chi connectivity index (χ2n) is 4.11. The molecule has 0 spiro atoms. The average Bonchev–Trinajstić information content (AvgIpc) is 2.44. The van der Waals surface area contributed by atoms with Crippen molar-refractivity contribution >= 4 is 23.5 Å². The number of aromatic hydroxyl groups is 2. The van der Waals surface area contributed by atoms with Gasteiger partial charge in [-0.3, -0.25) is 0 Å². The Labute approximate surface area is 127 Å². The summed E-state index contributed by atoms with van der Waals surface area (Å²) < 4.78 is 5.46. The molecule has 0 unspecified atom stereocenters. The predicted octanol–water partition coefficient (Wildman–Crippen LogP) is 3.95. The molecule has 0 fully saturated rings. The van der Waals surface area contributed by atoms with Gasteiger partial charge in [0.1, 0.15) is 11.5 Å². The minimum absolute atomic E-state index is 0.203. The highest BCUT2D eigenvalue weighted by Crippen LogP contribution is 2.36. The number of phenols is 2. The van der Waals surface area contributed by atoms with Crippen LogP contribution in [0.3, 0.4) is 0 Å². The third-order valence-corrected chi connectivity index (χ3v) is 4.98. The molecule has 0 aromatic heterocycles. The Hall–Kier alpha value is -1.30. The van der Waals surface area contributed by atoms with Gasteiger partial charge < -0.3 is 14.9 Å². The number of ether oxygens (including phenoxy) is 1. The zero-order valence-corrected chi connectivity index (χ0v) is 12.7. The van der Waals surface area contributed by atoms with Gasteiger partial charge in [-0.2, -0.15) is 0 Å². The number of phenolic OH excluding ortho intramolecular Hbond substituents is 2. The number of rotatable bonds is 6. The van der Waals surface area contributed by atoms with E-state index in [9.17, 15) is 10.2 Å². The molecule has 0 aliphatic rings. The Morgan fingerprint density at radius 2 is 1.25 bits per heavy atom. The maximum Gasteiger partial charge on any atom is 0.115 e. The van der Waals surface area contributed by atoms with E-state index >= 15 is 0 Å². The molecular weight excluding hydrogens is 292 g/mol. The molecule has 0 saturated carbocycles. The van der Waals surface area contributed by atoms with Crippen molar-refractivity contribution in [2.75, 3.05) is 13.7 Å². The molecule has 0 saturated heterocycles. The molecule has 0 radical (unpaired) electrons. The fourth-order valence-electron chi connectivity index (χ4n) is 1.58. The number of hydrogen-bond acceptors (Lipinski definition) is 5. The molecule has 0 bridgehead atoms. The standard InChI is InChI=1S/C15H16O3S2/c1-18-10-15(19-13-6-2-11(16)3-7-13)20-14-8-4-12(17)5-9-14/h2-9,15-17H,10H2,1H3. The SMILES string of the molecule is COCC(Sc1ccc(O)cc1)Sc1ccc(O)cc1. The second kappa shape index (κ2) is 7.47. The molecule has 2 N–H and O–H groups in total. The normalized spacial score (nSPS) is 10.9. The topological polar surface area (TPSA) is 49.7 Å². The third kappa shape index (κ3) is 4.67. The summed E-state index contributed by atoms with van der Waals surface area (Å²) in [7, 11) is 1.68. The maximum absolute atomic E-state index is 9.29. The molecular formula is C15H16O3S2. The number of methoxy groups -OCH3 is 1. The molecule has 5 heteroatoms. The monoisotopic (exact) mass is 308 g/mol. The van der Waals surface area contributed by atoms with Crippen LogP contribution in [-0.2, 0) is 4.74 Å². The van der Waals surface area contributed by atoms with Crippen LogP contribution in [0.25, 0.3) is 0 Å². The van der Waals surface area contributed by atoms with Crippen molar-refractivity contribution in [1.82, 2.24) is 0 Å². The van der Waals surface area contributed by atoms with Crippen LogP contribution in [0, 0.1) is 0 Å². The second-order valence-corrected chi connectivity index (χ2v) is 6.96. The summed E-state index contributed by atoms with van der Waals surface area (Å²) in [4.78, 5) is 2.16. The van der Waals surface area contributed by atoms with Crippen LogP contribution in [0.2, 0.25) is 0 Å². The zero-order valence-electron chi connectivity index (χ0n) is 11.0. The number of hydrogen-bond donors (Lipinski definition) is 2. The van der Waals surface area contributed by atoms with Crippen molar-refractivity contribution < 1.29 is 14.9 Å². The first-order valence-corrected chi connectivity index (χ1v) is 7.83. The maximum atomic E-state index is 9.29. The fourth-order valence-corrected chi connectivity index (χ4v) is 4.04. The van der Waals surface area contributed by atoms with E-state index in [2.05, 4.69) is 0 Å². The highest BCUT2D eigenvalue weighted by Gasteiger charge is 2.12. The van der Waals surface area contributed by atoms with Crippen molar-refractivity contribution in [2.45, 2.75) is 14.4 Å². The largest absolute Gasteiger partial charge is 0.508 e. The lowest BCUT2D eigenvalue weighted by atomic mass is 10.3. The molecule has 106 valence electrons. The van der Waals surface area contributed by atoms with E-state index < -0.39 is 0 Å². The number of benzene rings is 2. The van der Waals surface area contributed by atoms with Gasteiger partial charge in [-0.1, -0.05) is 0 Å². The van der Waals surface area contributed by atoms with Crippen LogP contribution in [-0.4, -0.2) is 28.5 Å². The Balaban J connectivity index is 2.02. The van der Waals surface area contributed by atoms with Gasteiger partial charge in [-0.25, -0.2) is 0 Å². The zero-order chi connectivity index (χ0) is 14.4. The molecule has 0 heterocycles. The fraction of sp³-hybridized carbons (Fsp3) is 0.200. The van der Waals surface area contributed by atoms with E-state index in [-0.39, 0.29) is 16.1 Å². The molecule has 0 aliphatic carbocycles. The van der Waals surface area contributed by atoms with Gasteiger partial charge in [0.15, 0.2) is 0 Å². The van der Waals surface area contributed by atoms with Crippen molar-refractivity contribution in [3.05, 3.63) is 48.5 Å². The van der Waals surface area contributed by atoms with E-state index in [1.165, 1.54) is 0 Å². The van der Waals surface area contributed by atoms with Gasteiger partial charge >= 0.3 is 0 Å². The van der Waals surface area contributed by atoms with Crippen molar-refractivity contribution in [3.63, 3.8) is 0 Å². The van der Waals surface area contributed by atoms with Crippen molar-refractivity contribution in [2.24, 2.45) is 0 Å². The Bertz CT molecular complexity index is 478. The summed E-state index contributed by atoms with van der Waals surface area (Å²) >= 11 is 3.37.